The number of benzene rings is 2. The molecule has 0 atom stereocenters. The maximum absolute atomic E-state index is 9.73. The number of hydrogen-bond acceptors (Lipinski definition) is 2. The average Bonchev–Trinajstić information content (AvgIpc) is 2.53. The molecule has 1 aliphatic carbocycles. The highest BCUT2D eigenvalue weighted by atomic mass is 14.7. The lowest BCUT2D eigenvalue weighted by molar-refractivity contribution is 0.515. The normalized spacial score (nSPS) is 15.0. The molecule has 1 heterocycles. The highest BCUT2D eigenvalue weighted by molar-refractivity contribution is 5.91. The lowest BCUT2D eigenvalue weighted by atomic mass is 9.70. The number of fused-ring (bicyclic) bond motifs is 4. The van der Waals surface area contributed by atoms with Gasteiger partial charge in [0.15, 0.2) is 0 Å². The summed E-state index contributed by atoms with van der Waals surface area (Å²) in [4.78, 5) is 4.88. The van der Waals surface area contributed by atoms with E-state index in [4.69, 9.17) is 4.98 Å². The molecule has 4 rings (SSSR count). The summed E-state index contributed by atoms with van der Waals surface area (Å²) in [7, 11) is 0. The van der Waals surface area contributed by atoms with Crippen molar-refractivity contribution in [1.29, 1.82) is 5.26 Å². The molecule has 2 aromatic carbocycles. The zero-order valence-corrected chi connectivity index (χ0v) is 12.7. The van der Waals surface area contributed by atoms with Gasteiger partial charge in [0, 0.05) is 10.9 Å². The highest BCUT2D eigenvalue weighted by Crippen LogP contribution is 2.44. The predicted octanol–water partition coefficient (Wildman–Crippen LogP) is 4.61. The van der Waals surface area contributed by atoms with E-state index >= 15 is 0 Å². The summed E-state index contributed by atoms with van der Waals surface area (Å²) in [5, 5.41) is 10.7. The molecule has 0 bridgehead atoms. The summed E-state index contributed by atoms with van der Waals surface area (Å²) < 4.78 is 0. The molecule has 0 saturated carbocycles. The van der Waals surface area contributed by atoms with Crippen LogP contribution < -0.4 is 0 Å². The zero-order chi connectivity index (χ0) is 15.3. The van der Waals surface area contributed by atoms with Gasteiger partial charge in [0.2, 0.25) is 0 Å². The first-order valence-electron chi connectivity index (χ1n) is 7.53. The van der Waals surface area contributed by atoms with Crippen molar-refractivity contribution in [3.05, 3.63) is 65.2 Å². The number of aromatic nitrogens is 1. The summed E-state index contributed by atoms with van der Waals surface area (Å²) in [6.45, 7) is 4.48. The van der Waals surface area contributed by atoms with Crippen LogP contribution in [0.2, 0.25) is 0 Å². The van der Waals surface area contributed by atoms with Crippen molar-refractivity contribution >= 4 is 10.9 Å². The van der Waals surface area contributed by atoms with Gasteiger partial charge in [-0.1, -0.05) is 56.3 Å². The molecule has 0 N–H and O–H groups in total. The van der Waals surface area contributed by atoms with Gasteiger partial charge in [0.05, 0.1) is 16.8 Å². The minimum absolute atomic E-state index is 0.0132. The molecule has 0 fully saturated rings. The van der Waals surface area contributed by atoms with E-state index in [0.29, 0.717) is 0 Å². The summed E-state index contributed by atoms with van der Waals surface area (Å²) in [5.41, 5.74) is 6.23. The Morgan fingerprint density at radius 3 is 2.59 bits per heavy atom. The van der Waals surface area contributed by atoms with Gasteiger partial charge in [0.1, 0.15) is 6.07 Å². The first-order chi connectivity index (χ1) is 10.6. The molecule has 0 aliphatic heterocycles. The molecular weight excluding hydrogens is 268 g/mol. The molecule has 0 radical (unpaired) electrons. The third kappa shape index (κ3) is 1.69. The lowest BCUT2D eigenvalue weighted by Crippen LogP contribution is -2.26. The first kappa shape index (κ1) is 13.0. The van der Waals surface area contributed by atoms with Crippen LogP contribution in [0.4, 0.5) is 0 Å². The largest absolute Gasteiger partial charge is 0.247 e. The van der Waals surface area contributed by atoms with E-state index in [1.807, 2.05) is 30.3 Å². The summed E-state index contributed by atoms with van der Waals surface area (Å²) >= 11 is 0. The lowest BCUT2D eigenvalue weighted by Gasteiger charge is -2.34. The molecule has 1 aromatic heterocycles. The number of nitriles is 1. The van der Waals surface area contributed by atoms with Crippen molar-refractivity contribution in [3.8, 4) is 17.3 Å². The Balaban J connectivity index is 2.17. The number of rotatable bonds is 0. The Morgan fingerprint density at radius 1 is 1.05 bits per heavy atom. The topological polar surface area (TPSA) is 36.7 Å². The van der Waals surface area contributed by atoms with Gasteiger partial charge in [-0.2, -0.15) is 5.26 Å². The molecule has 0 amide bonds. The van der Waals surface area contributed by atoms with Crippen molar-refractivity contribution in [3.63, 3.8) is 0 Å². The van der Waals surface area contributed by atoms with Crippen LogP contribution in [0.5, 0.6) is 0 Å². The maximum Gasteiger partial charge on any atom is 0.100 e. The summed E-state index contributed by atoms with van der Waals surface area (Å²) in [5.74, 6) is 0. The predicted molar refractivity (Wildman–Crippen MR) is 88.6 cm³/mol. The van der Waals surface area contributed by atoms with E-state index in [1.165, 1.54) is 5.56 Å². The maximum atomic E-state index is 9.73. The fourth-order valence-corrected chi connectivity index (χ4v) is 3.59. The smallest absolute Gasteiger partial charge is 0.100 e. The first-order valence-corrected chi connectivity index (χ1v) is 7.53. The van der Waals surface area contributed by atoms with Crippen LogP contribution in [0.1, 0.15) is 30.5 Å². The van der Waals surface area contributed by atoms with E-state index in [2.05, 4.69) is 38.1 Å². The van der Waals surface area contributed by atoms with Gasteiger partial charge in [-0.05, 0) is 29.0 Å². The fraction of sp³-hybridized carbons (Fsp3) is 0.200. The van der Waals surface area contributed by atoms with Crippen LogP contribution in [0.15, 0.2) is 48.5 Å². The van der Waals surface area contributed by atoms with E-state index in [1.54, 1.807) is 0 Å². The van der Waals surface area contributed by atoms with Crippen molar-refractivity contribution < 1.29 is 0 Å². The second-order valence-electron chi connectivity index (χ2n) is 6.55. The minimum Gasteiger partial charge on any atom is -0.247 e. The molecule has 0 saturated heterocycles. The number of nitrogens with zero attached hydrogens (tertiary/aromatic N) is 2. The Labute approximate surface area is 130 Å². The summed E-state index contributed by atoms with van der Waals surface area (Å²) in [6.07, 6.45) is 0.847. The van der Waals surface area contributed by atoms with Crippen molar-refractivity contribution in [2.45, 2.75) is 25.7 Å². The Kier molecular flexibility index (Phi) is 2.62. The number of hydrogen-bond donors (Lipinski definition) is 0. The highest BCUT2D eigenvalue weighted by Gasteiger charge is 2.33. The van der Waals surface area contributed by atoms with Crippen LogP contribution >= 0.6 is 0 Å². The second-order valence-corrected chi connectivity index (χ2v) is 6.55. The second kappa shape index (κ2) is 4.42. The zero-order valence-electron chi connectivity index (χ0n) is 12.7. The quantitative estimate of drug-likeness (QED) is 0.604. The van der Waals surface area contributed by atoms with E-state index < -0.39 is 0 Å². The Morgan fingerprint density at radius 2 is 1.77 bits per heavy atom. The van der Waals surface area contributed by atoms with E-state index in [9.17, 15) is 5.26 Å². The van der Waals surface area contributed by atoms with Gasteiger partial charge in [0.25, 0.3) is 0 Å². The van der Waals surface area contributed by atoms with Crippen molar-refractivity contribution in [2.75, 3.05) is 0 Å². The SMILES string of the molecule is CC1(C)Cc2c(nc3ccccc3c2C#N)-c2ccccc21. The molecule has 3 aromatic rings. The Bertz CT molecular complexity index is 946. The minimum atomic E-state index is 0.0132. The van der Waals surface area contributed by atoms with Crippen molar-refractivity contribution in [2.24, 2.45) is 0 Å². The average molecular weight is 284 g/mol. The molecule has 22 heavy (non-hydrogen) atoms. The van der Waals surface area contributed by atoms with Gasteiger partial charge < -0.3 is 0 Å². The molecule has 106 valence electrons. The van der Waals surface area contributed by atoms with Crippen LogP contribution in [-0.4, -0.2) is 4.98 Å². The van der Waals surface area contributed by atoms with Crippen LogP contribution in [0.3, 0.4) is 0 Å². The van der Waals surface area contributed by atoms with Crippen LogP contribution in [0.25, 0.3) is 22.2 Å². The number of para-hydroxylation sites is 1. The van der Waals surface area contributed by atoms with Gasteiger partial charge in [-0.3, -0.25) is 0 Å². The molecular formula is C20H16N2. The molecule has 2 heteroatoms. The standard InChI is InChI=1S/C20H16N2/c1-20(2)11-15-16(12-21)13-7-4-6-10-18(13)22-19(15)14-8-3-5-9-17(14)20/h3-10H,11H2,1-2H3. The van der Waals surface area contributed by atoms with Crippen molar-refractivity contribution in [1.82, 2.24) is 4.98 Å². The monoisotopic (exact) mass is 284 g/mol. The van der Waals surface area contributed by atoms with Gasteiger partial charge >= 0.3 is 0 Å². The fourth-order valence-electron chi connectivity index (χ4n) is 3.59. The molecule has 1 aliphatic rings. The van der Waals surface area contributed by atoms with Crippen LogP contribution in [0, 0.1) is 11.3 Å². The van der Waals surface area contributed by atoms with Gasteiger partial charge in [-0.25, -0.2) is 4.98 Å². The molecule has 0 spiro atoms. The van der Waals surface area contributed by atoms with Crippen LogP contribution in [-0.2, 0) is 11.8 Å². The third-order valence-corrected chi connectivity index (χ3v) is 4.64. The summed E-state index contributed by atoms with van der Waals surface area (Å²) in [6, 6.07) is 18.8. The molecule has 0 unspecified atom stereocenters. The third-order valence-electron chi connectivity index (χ3n) is 4.64. The Hall–Kier alpha value is -2.66. The number of pyridine rings is 1. The molecule has 2 nitrogen and oxygen atoms in total. The van der Waals surface area contributed by atoms with E-state index in [0.717, 1.165) is 39.7 Å². The van der Waals surface area contributed by atoms with E-state index in [-0.39, 0.29) is 5.41 Å². The van der Waals surface area contributed by atoms with Gasteiger partial charge in [-0.15, -0.1) is 0 Å².